The number of carbonyl (C=O) groups excluding carboxylic acids is 2. The molecule has 15 atom stereocenters. The number of benzene rings is 1. The van der Waals surface area contributed by atoms with E-state index < -0.39 is 88.3 Å². The molecular formula is C48H75NO11. The molecule has 7 bridgehead atoms. The maximum Gasteiger partial charge on any atom is 0.338 e. The van der Waals surface area contributed by atoms with Crippen LogP contribution >= 0.6 is 0 Å². The summed E-state index contributed by atoms with van der Waals surface area (Å²) in [5.41, 5.74) is -4.82. The third-order valence-electron chi connectivity index (χ3n) is 16.6. The molecule has 0 amide bonds. The lowest BCUT2D eigenvalue weighted by atomic mass is 9.42. The van der Waals surface area contributed by atoms with E-state index in [9.17, 15) is 24.9 Å². The molecule has 12 heteroatoms. The van der Waals surface area contributed by atoms with Gasteiger partial charge in [0.1, 0.15) is 23.9 Å². The first kappa shape index (κ1) is 45.9. The van der Waals surface area contributed by atoms with Gasteiger partial charge in [-0.05, 0) is 37.4 Å². The van der Waals surface area contributed by atoms with Crippen LogP contribution in [0.15, 0.2) is 30.3 Å². The number of ether oxygens (including phenoxy) is 6. The van der Waals surface area contributed by atoms with Crippen LogP contribution in [-0.4, -0.2) is 134 Å². The SMILES string of the molecule is CCCCCCCCCCCCCCCC(=O)O[C@]12[C@H]3[C@@H](OC(=O)c4ccccc4)[C@@](O)(C[C@H]3[C@]34[C@@H]5[C@@H](OC)[C@H]1[C@H]3N(CC)C[C@]5(COC)[C@H](O)C[C@H]4OC)[C@@H](OC)[C@@H]2O. The zero-order valence-electron chi connectivity index (χ0n) is 37.2. The molecule has 6 fully saturated rings. The van der Waals surface area contributed by atoms with Crippen molar-refractivity contribution in [3.8, 4) is 0 Å². The van der Waals surface area contributed by atoms with Gasteiger partial charge in [0.15, 0.2) is 5.60 Å². The molecule has 12 nitrogen and oxygen atoms in total. The van der Waals surface area contributed by atoms with E-state index in [0.717, 1.165) is 19.3 Å². The van der Waals surface area contributed by atoms with Crippen molar-refractivity contribution in [2.75, 3.05) is 48.1 Å². The summed E-state index contributed by atoms with van der Waals surface area (Å²) < 4.78 is 38.7. The summed E-state index contributed by atoms with van der Waals surface area (Å²) in [4.78, 5) is 31.0. The van der Waals surface area contributed by atoms with E-state index in [1.807, 2.05) is 6.07 Å². The Labute approximate surface area is 358 Å². The highest BCUT2D eigenvalue weighted by molar-refractivity contribution is 5.89. The lowest BCUT2D eigenvalue weighted by Crippen LogP contribution is -2.81. The number of hydrogen-bond donors (Lipinski definition) is 3. The predicted octanol–water partition coefficient (Wildman–Crippen LogP) is 6.11. The van der Waals surface area contributed by atoms with Crippen LogP contribution in [0.25, 0.3) is 0 Å². The Hall–Kier alpha value is -2.16. The minimum absolute atomic E-state index is 0.0881. The fraction of sp³-hybridized carbons (Fsp3) is 0.833. The topological polar surface area (TPSA) is 153 Å². The minimum atomic E-state index is -1.84. The summed E-state index contributed by atoms with van der Waals surface area (Å²) >= 11 is 0. The van der Waals surface area contributed by atoms with Crippen molar-refractivity contribution in [2.24, 2.45) is 34.5 Å². The fourth-order valence-electron chi connectivity index (χ4n) is 14.6. The van der Waals surface area contributed by atoms with Gasteiger partial charge in [-0.15, -0.1) is 0 Å². The molecular weight excluding hydrogens is 767 g/mol. The molecule has 1 aromatic rings. The molecule has 5 aliphatic carbocycles. The van der Waals surface area contributed by atoms with E-state index in [1.54, 1.807) is 45.6 Å². The molecule has 1 saturated heterocycles. The summed E-state index contributed by atoms with van der Waals surface area (Å²) in [6.45, 7) is 5.68. The van der Waals surface area contributed by atoms with Gasteiger partial charge < -0.3 is 43.7 Å². The standard InChI is InChI=1S/C48H75NO11/c1-7-9-10-11-12-13-14-15-16-17-18-19-23-26-35(51)60-48-36-32(28-46(54,43(58-6)41(48)52)42(36)59-44(53)31-24-21-20-22-25-31)47-34(56-4)27-33(50)45(30-55-3)29-49(8-2)40(47)37(48)38(57-5)39(45)47/h20-22,24-25,32-34,36-43,50,52,54H,7-19,23,26-30H2,1-6H3/t32-,33-,34-,36-,37+,38+,39-,40-,41+,42-,43+,45+,46+,47+,48-/m1/s1. The van der Waals surface area contributed by atoms with Crippen LogP contribution in [0.1, 0.15) is 127 Å². The molecule has 1 aliphatic heterocycles. The second kappa shape index (κ2) is 18.9. The number of aliphatic hydroxyl groups excluding tert-OH is 2. The molecule has 1 spiro atoms. The van der Waals surface area contributed by atoms with Gasteiger partial charge in [0, 0.05) is 82.5 Å². The van der Waals surface area contributed by atoms with Gasteiger partial charge in [-0.2, -0.15) is 0 Å². The average Bonchev–Trinajstić information content (AvgIpc) is 3.62. The van der Waals surface area contributed by atoms with Crippen LogP contribution in [0.3, 0.4) is 0 Å². The van der Waals surface area contributed by atoms with E-state index in [2.05, 4.69) is 18.7 Å². The summed E-state index contributed by atoms with van der Waals surface area (Å²) in [6.07, 6.45) is 10.0. The normalized spacial score (nSPS) is 41.0. The van der Waals surface area contributed by atoms with E-state index in [0.29, 0.717) is 31.5 Å². The Morgan fingerprint density at radius 2 is 1.43 bits per heavy atom. The highest BCUT2D eigenvalue weighted by Crippen LogP contribution is 2.80. The number of fused-ring (bicyclic) bond motifs is 2. The van der Waals surface area contributed by atoms with Crippen LogP contribution in [0, 0.1) is 34.5 Å². The second-order valence-corrected chi connectivity index (χ2v) is 19.3. The first-order valence-corrected chi connectivity index (χ1v) is 23.4. The van der Waals surface area contributed by atoms with Crippen LogP contribution in [-0.2, 0) is 33.2 Å². The fourth-order valence-corrected chi connectivity index (χ4v) is 14.6. The number of likely N-dealkylation sites (tertiary alicyclic amines) is 1. The molecule has 3 N–H and O–H groups in total. The third-order valence-corrected chi connectivity index (χ3v) is 16.6. The quantitative estimate of drug-likeness (QED) is 0.0861. The maximum atomic E-state index is 14.5. The lowest BCUT2D eigenvalue weighted by Gasteiger charge is -2.70. The maximum absolute atomic E-state index is 14.5. The van der Waals surface area contributed by atoms with Crippen LogP contribution in [0.2, 0.25) is 0 Å². The molecule has 5 saturated carbocycles. The molecule has 338 valence electrons. The van der Waals surface area contributed by atoms with Crippen LogP contribution < -0.4 is 0 Å². The van der Waals surface area contributed by atoms with Gasteiger partial charge in [-0.3, -0.25) is 9.69 Å². The van der Waals surface area contributed by atoms with E-state index in [4.69, 9.17) is 28.4 Å². The number of esters is 2. The smallest absolute Gasteiger partial charge is 0.338 e. The number of rotatable bonds is 23. The van der Waals surface area contributed by atoms with E-state index >= 15 is 0 Å². The van der Waals surface area contributed by atoms with Crippen molar-refractivity contribution < 1.29 is 53.3 Å². The predicted molar refractivity (Wildman–Crippen MR) is 225 cm³/mol. The van der Waals surface area contributed by atoms with Gasteiger partial charge in [0.25, 0.3) is 0 Å². The van der Waals surface area contributed by atoms with E-state index in [1.165, 1.54) is 64.9 Å². The van der Waals surface area contributed by atoms with Crippen molar-refractivity contribution in [3.63, 3.8) is 0 Å². The molecule has 0 aromatic heterocycles. The first-order chi connectivity index (χ1) is 29.0. The average molecular weight is 842 g/mol. The van der Waals surface area contributed by atoms with Crippen molar-refractivity contribution in [2.45, 2.75) is 170 Å². The number of piperidine rings is 1. The van der Waals surface area contributed by atoms with Crippen molar-refractivity contribution in [3.05, 3.63) is 35.9 Å². The summed E-state index contributed by atoms with van der Waals surface area (Å²) in [6, 6.07) is 8.32. The highest BCUT2D eigenvalue weighted by Gasteiger charge is 2.92. The minimum Gasteiger partial charge on any atom is -0.455 e. The first-order valence-electron chi connectivity index (χ1n) is 23.4. The Balaban J connectivity index is 1.23. The van der Waals surface area contributed by atoms with Crippen molar-refractivity contribution in [1.82, 2.24) is 4.90 Å². The monoisotopic (exact) mass is 842 g/mol. The largest absolute Gasteiger partial charge is 0.455 e. The lowest BCUT2D eigenvalue weighted by molar-refractivity contribution is -0.323. The molecule has 60 heavy (non-hydrogen) atoms. The Bertz CT molecular complexity index is 1600. The summed E-state index contributed by atoms with van der Waals surface area (Å²) in [5, 5.41) is 38.3. The molecule has 1 aromatic carbocycles. The molecule has 0 unspecified atom stereocenters. The van der Waals surface area contributed by atoms with Crippen molar-refractivity contribution in [1.29, 1.82) is 0 Å². The highest BCUT2D eigenvalue weighted by atomic mass is 16.6. The van der Waals surface area contributed by atoms with Gasteiger partial charge in [-0.25, -0.2) is 4.79 Å². The van der Waals surface area contributed by atoms with Gasteiger partial charge >= 0.3 is 11.9 Å². The zero-order chi connectivity index (χ0) is 42.9. The third kappa shape index (κ3) is 7.10. The van der Waals surface area contributed by atoms with Gasteiger partial charge in [-0.1, -0.05) is 109 Å². The van der Waals surface area contributed by atoms with Crippen LogP contribution in [0.4, 0.5) is 0 Å². The number of carbonyl (C=O) groups is 2. The zero-order valence-corrected chi connectivity index (χ0v) is 37.2. The Morgan fingerprint density at radius 3 is 2.00 bits per heavy atom. The number of aliphatic hydroxyl groups is 3. The Kier molecular flexibility index (Phi) is 14.4. The molecule has 7 rings (SSSR count). The van der Waals surface area contributed by atoms with E-state index in [-0.39, 0.29) is 31.4 Å². The Morgan fingerprint density at radius 1 is 0.800 bits per heavy atom. The number of hydrogen-bond acceptors (Lipinski definition) is 12. The van der Waals surface area contributed by atoms with Crippen LogP contribution in [0.5, 0.6) is 0 Å². The number of nitrogens with zero attached hydrogens (tertiary/aromatic N) is 1. The number of unbranched alkanes of at least 4 members (excludes halogenated alkanes) is 12. The van der Waals surface area contributed by atoms with Gasteiger partial charge in [0.05, 0.1) is 30.5 Å². The van der Waals surface area contributed by atoms with Gasteiger partial charge in [0.2, 0.25) is 0 Å². The molecule has 0 radical (unpaired) electrons. The second-order valence-electron chi connectivity index (χ2n) is 19.3. The van der Waals surface area contributed by atoms with Crippen molar-refractivity contribution >= 4 is 11.9 Å². The molecule has 1 heterocycles. The summed E-state index contributed by atoms with van der Waals surface area (Å²) in [7, 11) is 6.41. The molecule has 6 aliphatic rings. The summed E-state index contributed by atoms with van der Waals surface area (Å²) in [5.74, 6) is -3.47. The number of methoxy groups -OCH3 is 4.